The summed E-state index contributed by atoms with van der Waals surface area (Å²) in [6.45, 7) is 4.09. The Hall–Kier alpha value is -2.90. The lowest BCUT2D eigenvalue weighted by atomic mass is 9.98. The zero-order valence-corrected chi connectivity index (χ0v) is 13.7. The molecule has 0 saturated heterocycles. The largest absolute Gasteiger partial charge is 0.318 e. The zero-order valence-electron chi connectivity index (χ0n) is 13.7. The van der Waals surface area contributed by atoms with E-state index in [9.17, 15) is 9.18 Å². The predicted molar refractivity (Wildman–Crippen MR) is 94.6 cm³/mol. The molecule has 2 aromatic carbocycles. The molecule has 2 nitrogen and oxygen atoms in total. The van der Waals surface area contributed by atoms with Crippen molar-refractivity contribution in [1.82, 2.24) is 4.57 Å². The van der Waals surface area contributed by atoms with Crippen molar-refractivity contribution in [3.05, 3.63) is 83.4 Å². The monoisotopic (exact) mass is 319 g/mol. The lowest BCUT2D eigenvalue weighted by Crippen LogP contribution is -1.99. The van der Waals surface area contributed by atoms with Gasteiger partial charge in [0.1, 0.15) is 11.8 Å². The Labute approximate surface area is 140 Å². The number of para-hydroxylation sites is 1. The summed E-state index contributed by atoms with van der Waals surface area (Å²) >= 11 is 0. The molecule has 3 heteroatoms. The molecule has 0 N–H and O–H groups in total. The minimum absolute atomic E-state index is 0.259. The molecule has 1 aromatic heterocycles. The molecule has 0 saturated carbocycles. The Morgan fingerprint density at radius 1 is 1.00 bits per heavy atom. The SMILES string of the molecule is Cc1c(CC=C=O)c(-c2ccc(F)cc2)c(C)n1-c1ccccc1. The molecule has 0 fully saturated rings. The summed E-state index contributed by atoms with van der Waals surface area (Å²) in [5.41, 5.74) is 6.26. The van der Waals surface area contributed by atoms with Crippen molar-refractivity contribution in [3.63, 3.8) is 0 Å². The van der Waals surface area contributed by atoms with Crippen LogP contribution in [0.1, 0.15) is 17.0 Å². The first kappa shape index (κ1) is 16.0. The van der Waals surface area contributed by atoms with Gasteiger partial charge in [-0.3, -0.25) is 0 Å². The molecule has 0 amide bonds. The highest BCUT2D eigenvalue weighted by molar-refractivity contribution is 5.74. The van der Waals surface area contributed by atoms with E-state index in [0.29, 0.717) is 6.42 Å². The fraction of sp³-hybridized carbons (Fsp3) is 0.143. The van der Waals surface area contributed by atoms with Crippen LogP contribution >= 0.6 is 0 Å². The van der Waals surface area contributed by atoms with Gasteiger partial charge in [-0.2, -0.15) is 0 Å². The maximum Gasteiger partial charge on any atom is 0.123 e. The molecule has 1 heterocycles. The number of allylic oxidation sites excluding steroid dienone is 1. The number of nitrogens with zero attached hydrogens (tertiary/aromatic N) is 1. The minimum Gasteiger partial charge on any atom is -0.318 e. The van der Waals surface area contributed by atoms with E-state index in [1.807, 2.05) is 50.1 Å². The standard InChI is InChI=1S/C21H18FNO/c1-15-20(9-6-14-24)21(17-10-12-18(22)13-11-17)16(2)23(15)19-7-4-3-5-8-19/h3-8,10-13H,9H2,1-2H3. The second kappa shape index (κ2) is 6.69. The van der Waals surface area contributed by atoms with E-state index in [2.05, 4.69) is 4.57 Å². The summed E-state index contributed by atoms with van der Waals surface area (Å²) in [7, 11) is 0. The van der Waals surface area contributed by atoms with Gasteiger partial charge in [-0.15, -0.1) is 0 Å². The molecule has 0 spiro atoms. The molecule has 0 aliphatic carbocycles. The smallest absolute Gasteiger partial charge is 0.123 e. The van der Waals surface area contributed by atoms with Crippen LogP contribution in [0.25, 0.3) is 16.8 Å². The number of aromatic nitrogens is 1. The number of hydrogen-bond acceptors (Lipinski definition) is 1. The average Bonchev–Trinajstić information content (AvgIpc) is 2.85. The predicted octanol–water partition coefficient (Wildman–Crippen LogP) is 4.83. The average molecular weight is 319 g/mol. The number of rotatable bonds is 4. The van der Waals surface area contributed by atoms with Crippen molar-refractivity contribution in [1.29, 1.82) is 0 Å². The lowest BCUT2D eigenvalue weighted by Gasteiger charge is -2.09. The van der Waals surface area contributed by atoms with Crippen molar-refractivity contribution in [2.75, 3.05) is 0 Å². The topological polar surface area (TPSA) is 22.0 Å². The van der Waals surface area contributed by atoms with Crippen LogP contribution in [0.4, 0.5) is 4.39 Å². The van der Waals surface area contributed by atoms with E-state index >= 15 is 0 Å². The highest BCUT2D eigenvalue weighted by Gasteiger charge is 2.19. The summed E-state index contributed by atoms with van der Waals surface area (Å²) in [5, 5.41) is 0. The zero-order chi connectivity index (χ0) is 17.1. The number of benzene rings is 2. The number of carbonyl (C=O) groups excluding carboxylic acids is 1. The third-order valence-corrected chi connectivity index (χ3v) is 4.31. The molecule has 0 bridgehead atoms. The first-order valence-corrected chi connectivity index (χ1v) is 7.85. The van der Waals surface area contributed by atoms with Crippen molar-refractivity contribution in [2.45, 2.75) is 20.3 Å². The first-order chi connectivity index (χ1) is 11.6. The molecule has 120 valence electrons. The maximum atomic E-state index is 13.3. The molecule has 3 rings (SSSR count). The van der Waals surface area contributed by atoms with Crippen LogP contribution in [-0.2, 0) is 11.2 Å². The molecule has 0 aliphatic rings. The molecule has 0 unspecified atom stereocenters. The fourth-order valence-corrected chi connectivity index (χ4v) is 3.26. The highest BCUT2D eigenvalue weighted by Crippen LogP contribution is 2.35. The van der Waals surface area contributed by atoms with Crippen molar-refractivity contribution >= 4 is 5.94 Å². The van der Waals surface area contributed by atoms with E-state index in [4.69, 9.17) is 0 Å². The van der Waals surface area contributed by atoms with Gasteiger partial charge < -0.3 is 4.57 Å². The third kappa shape index (κ3) is 2.82. The lowest BCUT2D eigenvalue weighted by molar-refractivity contribution is 0.568. The van der Waals surface area contributed by atoms with E-state index in [1.165, 1.54) is 18.2 Å². The van der Waals surface area contributed by atoms with Crippen LogP contribution < -0.4 is 0 Å². The quantitative estimate of drug-likeness (QED) is 0.631. The van der Waals surface area contributed by atoms with E-state index < -0.39 is 0 Å². The molecule has 0 atom stereocenters. The summed E-state index contributed by atoms with van der Waals surface area (Å²) in [4.78, 5) is 10.7. The van der Waals surface area contributed by atoms with Gasteiger partial charge in [-0.1, -0.05) is 30.3 Å². The van der Waals surface area contributed by atoms with Gasteiger partial charge in [0, 0.05) is 35.1 Å². The van der Waals surface area contributed by atoms with Crippen LogP contribution in [0.5, 0.6) is 0 Å². The van der Waals surface area contributed by atoms with Gasteiger partial charge in [0.25, 0.3) is 0 Å². The van der Waals surface area contributed by atoms with Crippen LogP contribution in [0.3, 0.4) is 0 Å². The van der Waals surface area contributed by atoms with Crippen molar-refractivity contribution in [2.24, 2.45) is 0 Å². The number of hydrogen-bond donors (Lipinski definition) is 0. The molecule has 3 aromatic rings. The van der Waals surface area contributed by atoms with E-state index in [0.717, 1.165) is 33.8 Å². The third-order valence-electron chi connectivity index (χ3n) is 4.31. The molecule has 0 radical (unpaired) electrons. The molecular weight excluding hydrogens is 301 g/mol. The van der Waals surface area contributed by atoms with Gasteiger partial charge in [-0.25, -0.2) is 9.18 Å². The second-order valence-corrected chi connectivity index (χ2v) is 5.73. The number of halogens is 1. The summed E-state index contributed by atoms with van der Waals surface area (Å²) < 4.78 is 15.5. The van der Waals surface area contributed by atoms with Gasteiger partial charge in [0.05, 0.1) is 0 Å². The fourth-order valence-electron chi connectivity index (χ4n) is 3.26. The van der Waals surface area contributed by atoms with E-state index in [-0.39, 0.29) is 5.82 Å². The summed E-state index contributed by atoms with van der Waals surface area (Å²) in [6.07, 6.45) is 1.99. The summed E-state index contributed by atoms with van der Waals surface area (Å²) in [6, 6.07) is 16.6. The molecule has 0 aliphatic heterocycles. The van der Waals surface area contributed by atoms with Gasteiger partial charge in [0.15, 0.2) is 0 Å². The van der Waals surface area contributed by atoms with E-state index in [1.54, 1.807) is 12.1 Å². The van der Waals surface area contributed by atoms with Crippen LogP contribution in [0, 0.1) is 19.7 Å². The van der Waals surface area contributed by atoms with Crippen LogP contribution in [0.2, 0.25) is 0 Å². The Kier molecular flexibility index (Phi) is 4.45. The summed E-state index contributed by atoms with van der Waals surface area (Å²) in [5.74, 6) is 1.60. The Balaban J connectivity index is 2.27. The first-order valence-electron chi connectivity index (χ1n) is 7.85. The Bertz CT molecular complexity index is 901. The molecular formula is C21H18FNO. The van der Waals surface area contributed by atoms with Crippen molar-refractivity contribution < 1.29 is 9.18 Å². The Morgan fingerprint density at radius 3 is 2.29 bits per heavy atom. The van der Waals surface area contributed by atoms with Gasteiger partial charge >= 0.3 is 0 Å². The van der Waals surface area contributed by atoms with Gasteiger partial charge in [0.2, 0.25) is 0 Å². The highest BCUT2D eigenvalue weighted by atomic mass is 19.1. The van der Waals surface area contributed by atoms with Crippen molar-refractivity contribution in [3.8, 4) is 16.8 Å². The van der Waals surface area contributed by atoms with Gasteiger partial charge in [-0.05, 0) is 49.2 Å². The second-order valence-electron chi connectivity index (χ2n) is 5.73. The molecule has 24 heavy (non-hydrogen) atoms. The maximum absolute atomic E-state index is 13.3. The Morgan fingerprint density at radius 2 is 1.67 bits per heavy atom. The van der Waals surface area contributed by atoms with Crippen LogP contribution in [-0.4, -0.2) is 10.5 Å². The van der Waals surface area contributed by atoms with Crippen LogP contribution in [0.15, 0.2) is 60.7 Å². The normalized spacial score (nSPS) is 10.5. The minimum atomic E-state index is -0.259.